The van der Waals surface area contributed by atoms with E-state index in [0.717, 1.165) is 4.90 Å². The monoisotopic (exact) mass is 283 g/mol. The Morgan fingerprint density at radius 2 is 2.19 bits per heavy atom. The molecular weight excluding hydrogens is 270 g/mol. The fraction of sp³-hybridized carbons (Fsp3) is 0.286. The fourth-order valence-electron chi connectivity index (χ4n) is 2.65. The number of anilines is 1. The van der Waals surface area contributed by atoms with Gasteiger partial charge in [0.2, 0.25) is 11.9 Å². The average Bonchev–Trinajstić information content (AvgIpc) is 2.80. The first-order chi connectivity index (χ1) is 10.0. The Bertz CT molecular complexity index is 802. The minimum absolute atomic E-state index is 0.197. The molecule has 0 aliphatic carbocycles. The predicted octanol–water partition coefficient (Wildman–Crippen LogP) is 0.810. The molecule has 2 N–H and O–H groups in total. The van der Waals surface area contributed by atoms with Gasteiger partial charge in [0.15, 0.2) is 0 Å². The molecule has 1 aromatic carbocycles. The highest BCUT2D eigenvalue weighted by molar-refractivity contribution is 6.00. The zero-order valence-electron chi connectivity index (χ0n) is 11.4. The number of nitrogens with two attached hydrogens (primary N) is 1. The molecule has 21 heavy (non-hydrogen) atoms. The molecule has 1 aliphatic heterocycles. The SMILES string of the molecule is CN1C(=O)CCC(n2c(N)nc3ccc(C#N)cc32)C1=O. The minimum atomic E-state index is -0.563. The number of hydrogen-bond donors (Lipinski definition) is 1. The number of hydrogen-bond acceptors (Lipinski definition) is 5. The lowest BCUT2D eigenvalue weighted by atomic mass is 10.0. The molecule has 1 aromatic heterocycles. The normalized spacial score (nSPS) is 19.0. The Balaban J connectivity index is 2.16. The molecule has 3 rings (SSSR count). The molecule has 1 saturated heterocycles. The fourth-order valence-corrected chi connectivity index (χ4v) is 2.65. The van der Waals surface area contributed by atoms with Crippen LogP contribution in [0.2, 0.25) is 0 Å². The van der Waals surface area contributed by atoms with Gasteiger partial charge in [0.05, 0.1) is 22.7 Å². The highest BCUT2D eigenvalue weighted by Crippen LogP contribution is 2.30. The highest BCUT2D eigenvalue weighted by atomic mass is 16.2. The van der Waals surface area contributed by atoms with Gasteiger partial charge < -0.3 is 5.73 Å². The Morgan fingerprint density at radius 1 is 1.43 bits per heavy atom. The number of amides is 2. The Kier molecular flexibility index (Phi) is 2.87. The molecule has 106 valence electrons. The molecule has 1 fully saturated rings. The average molecular weight is 283 g/mol. The van der Waals surface area contributed by atoms with E-state index in [2.05, 4.69) is 11.1 Å². The molecule has 7 nitrogen and oxygen atoms in total. The van der Waals surface area contributed by atoms with E-state index >= 15 is 0 Å². The van der Waals surface area contributed by atoms with E-state index in [-0.39, 0.29) is 24.2 Å². The van der Waals surface area contributed by atoms with Crippen LogP contribution in [0.1, 0.15) is 24.4 Å². The van der Waals surface area contributed by atoms with Gasteiger partial charge in [-0.3, -0.25) is 19.1 Å². The van der Waals surface area contributed by atoms with Crippen molar-refractivity contribution in [3.05, 3.63) is 23.8 Å². The summed E-state index contributed by atoms with van der Waals surface area (Å²) in [4.78, 5) is 29.2. The first-order valence-electron chi connectivity index (χ1n) is 6.51. The summed E-state index contributed by atoms with van der Waals surface area (Å²) in [6.07, 6.45) is 0.665. The maximum atomic E-state index is 12.3. The van der Waals surface area contributed by atoms with E-state index in [1.807, 2.05) is 0 Å². The molecule has 0 radical (unpaired) electrons. The second kappa shape index (κ2) is 4.59. The third-order valence-electron chi connectivity index (χ3n) is 3.78. The molecule has 1 atom stereocenters. The van der Waals surface area contributed by atoms with Gasteiger partial charge in [-0.15, -0.1) is 0 Å². The number of nitriles is 1. The second-order valence-electron chi connectivity index (χ2n) is 5.00. The van der Waals surface area contributed by atoms with Crippen molar-refractivity contribution in [1.29, 1.82) is 5.26 Å². The van der Waals surface area contributed by atoms with E-state index in [1.165, 1.54) is 7.05 Å². The molecule has 0 bridgehead atoms. The predicted molar refractivity (Wildman–Crippen MR) is 74.9 cm³/mol. The number of imidazole rings is 1. The van der Waals surface area contributed by atoms with Gasteiger partial charge >= 0.3 is 0 Å². The van der Waals surface area contributed by atoms with E-state index in [0.29, 0.717) is 23.0 Å². The number of fused-ring (bicyclic) bond motifs is 1. The molecule has 0 saturated carbocycles. The largest absolute Gasteiger partial charge is 0.369 e. The number of nitrogens with zero attached hydrogens (tertiary/aromatic N) is 4. The lowest BCUT2D eigenvalue weighted by Crippen LogP contribution is -2.43. The van der Waals surface area contributed by atoms with E-state index in [1.54, 1.807) is 22.8 Å². The lowest BCUT2D eigenvalue weighted by Gasteiger charge is -2.29. The first-order valence-corrected chi connectivity index (χ1v) is 6.51. The number of benzene rings is 1. The summed E-state index contributed by atoms with van der Waals surface area (Å²) in [5, 5.41) is 9.00. The standard InChI is InChI=1S/C14H13N5O2/c1-18-12(20)5-4-10(13(18)21)19-11-6-8(7-15)2-3-9(11)17-14(19)16/h2-3,6,10H,4-5H2,1H3,(H2,16,17). The van der Waals surface area contributed by atoms with Gasteiger partial charge in [0, 0.05) is 13.5 Å². The van der Waals surface area contributed by atoms with Crippen molar-refractivity contribution in [2.75, 3.05) is 12.8 Å². The summed E-state index contributed by atoms with van der Waals surface area (Å²) < 4.78 is 1.61. The van der Waals surface area contributed by atoms with Gasteiger partial charge in [-0.2, -0.15) is 5.26 Å². The number of rotatable bonds is 1. The molecule has 2 aromatic rings. The first kappa shape index (κ1) is 13.1. The van der Waals surface area contributed by atoms with Gasteiger partial charge in [-0.05, 0) is 24.6 Å². The molecular formula is C14H13N5O2. The van der Waals surface area contributed by atoms with E-state index in [4.69, 9.17) is 11.0 Å². The summed E-state index contributed by atoms with van der Waals surface area (Å²) in [5.41, 5.74) is 7.66. The quantitative estimate of drug-likeness (QED) is 0.780. The summed E-state index contributed by atoms with van der Waals surface area (Å²) >= 11 is 0. The summed E-state index contributed by atoms with van der Waals surface area (Å²) in [7, 11) is 1.47. The molecule has 1 aliphatic rings. The van der Waals surface area contributed by atoms with Crippen LogP contribution in [0, 0.1) is 11.3 Å². The number of aromatic nitrogens is 2. The minimum Gasteiger partial charge on any atom is -0.369 e. The third-order valence-corrected chi connectivity index (χ3v) is 3.78. The van der Waals surface area contributed by atoms with Crippen LogP contribution in [-0.4, -0.2) is 33.3 Å². The van der Waals surface area contributed by atoms with Crippen molar-refractivity contribution in [3.8, 4) is 6.07 Å². The zero-order chi connectivity index (χ0) is 15.1. The van der Waals surface area contributed by atoms with E-state index in [9.17, 15) is 9.59 Å². The maximum Gasteiger partial charge on any atom is 0.252 e. The topological polar surface area (TPSA) is 105 Å². The molecule has 7 heteroatoms. The molecule has 1 unspecified atom stereocenters. The van der Waals surface area contributed by atoms with Crippen LogP contribution in [0.25, 0.3) is 11.0 Å². The Labute approximate surface area is 120 Å². The van der Waals surface area contributed by atoms with Crippen molar-refractivity contribution < 1.29 is 9.59 Å². The van der Waals surface area contributed by atoms with Gasteiger partial charge in [-0.25, -0.2) is 4.98 Å². The summed E-state index contributed by atoms with van der Waals surface area (Å²) in [6.45, 7) is 0. The van der Waals surface area contributed by atoms with Crippen LogP contribution < -0.4 is 5.73 Å². The van der Waals surface area contributed by atoms with Crippen molar-refractivity contribution >= 4 is 28.8 Å². The van der Waals surface area contributed by atoms with E-state index < -0.39 is 6.04 Å². The molecule has 0 spiro atoms. The number of carbonyl (C=O) groups excluding carboxylic acids is 2. The number of carbonyl (C=O) groups is 2. The van der Waals surface area contributed by atoms with Crippen LogP contribution in [0.4, 0.5) is 5.95 Å². The van der Waals surface area contributed by atoms with Crippen molar-refractivity contribution in [3.63, 3.8) is 0 Å². The second-order valence-corrected chi connectivity index (χ2v) is 5.00. The molecule has 2 amide bonds. The van der Waals surface area contributed by atoms with Crippen LogP contribution in [0.15, 0.2) is 18.2 Å². The van der Waals surface area contributed by atoms with Gasteiger partial charge in [0.25, 0.3) is 5.91 Å². The Morgan fingerprint density at radius 3 is 2.90 bits per heavy atom. The lowest BCUT2D eigenvalue weighted by molar-refractivity contribution is -0.149. The number of likely N-dealkylation sites (N-methyl/N-ethyl adjacent to an activating group) is 1. The number of likely N-dealkylation sites (tertiary alicyclic amines) is 1. The van der Waals surface area contributed by atoms with Gasteiger partial charge in [0.1, 0.15) is 6.04 Å². The van der Waals surface area contributed by atoms with Crippen molar-refractivity contribution in [2.45, 2.75) is 18.9 Å². The number of imide groups is 1. The van der Waals surface area contributed by atoms with Crippen molar-refractivity contribution in [2.24, 2.45) is 0 Å². The number of nitrogen functional groups attached to an aromatic ring is 1. The number of piperidine rings is 1. The van der Waals surface area contributed by atoms with Crippen LogP contribution in [-0.2, 0) is 9.59 Å². The van der Waals surface area contributed by atoms with Gasteiger partial charge in [-0.1, -0.05) is 0 Å². The maximum absolute atomic E-state index is 12.3. The Hall–Kier alpha value is -2.88. The smallest absolute Gasteiger partial charge is 0.252 e. The third kappa shape index (κ3) is 1.92. The molecule has 2 heterocycles. The summed E-state index contributed by atoms with van der Waals surface area (Å²) in [6, 6.07) is 6.49. The zero-order valence-corrected chi connectivity index (χ0v) is 11.4. The highest BCUT2D eigenvalue weighted by Gasteiger charge is 2.34. The summed E-state index contributed by atoms with van der Waals surface area (Å²) in [5.74, 6) is -0.294. The van der Waals surface area contributed by atoms with Crippen LogP contribution in [0.5, 0.6) is 0 Å². The van der Waals surface area contributed by atoms with Crippen LogP contribution in [0.3, 0.4) is 0 Å². The van der Waals surface area contributed by atoms with Crippen LogP contribution >= 0.6 is 0 Å². The van der Waals surface area contributed by atoms with Crippen molar-refractivity contribution in [1.82, 2.24) is 14.5 Å².